The molecular formula is C29H23N3O9S. The van der Waals surface area contributed by atoms with Gasteiger partial charge in [-0.05, 0) is 55.8 Å². The van der Waals surface area contributed by atoms with Gasteiger partial charge in [0.1, 0.15) is 17.3 Å². The number of thiazole rings is 1. The molecule has 2 aromatic heterocycles. The zero-order valence-electron chi connectivity index (χ0n) is 22.6. The number of nitro benzene ring substituents is 1. The predicted molar refractivity (Wildman–Crippen MR) is 150 cm³/mol. The Hall–Kier alpha value is -5.17. The lowest BCUT2D eigenvalue weighted by molar-refractivity contribution is -0.384. The van der Waals surface area contributed by atoms with E-state index < -0.39 is 22.5 Å². The molecule has 2 aliphatic heterocycles. The molecule has 2 aliphatic rings. The maximum atomic E-state index is 13.9. The smallest absolute Gasteiger partial charge is 0.338 e. The minimum Gasteiger partial charge on any atom is -0.497 e. The summed E-state index contributed by atoms with van der Waals surface area (Å²) in [7, 11) is 1.42. The second kappa shape index (κ2) is 10.7. The number of hydrogen-bond donors (Lipinski definition) is 0. The highest BCUT2D eigenvalue weighted by molar-refractivity contribution is 7.07. The molecule has 0 spiro atoms. The molecule has 0 bridgehead atoms. The van der Waals surface area contributed by atoms with Gasteiger partial charge in [0.05, 0.1) is 52.1 Å². The van der Waals surface area contributed by atoms with Crippen LogP contribution in [0.3, 0.4) is 0 Å². The van der Waals surface area contributed by atoms with Gasteiger partial charge in [-0.1, -0.05) is 17.4 Å². The summed E-state index contributed by atoms with van der Waals surface area (Å²) >= 11 is 1.13. The number of ether oxygens (including phenoxy) is 4. The molecule has 0 aliphatic carbocycles. The van der Waals surface area contributed by atoms with Crippen LogP contribution >= 0.6 is 11.3 Å². The normalized spacial score (nSPS) is 15.8. The summed E-state index contributed by atoms with van der Waals surface area (Å²) < 4.78 is 29.1. The summed E-state index contributed by atoms with van der Waals surface area (Å²) in [6.07, 6.45) is 1.54. The summed E-state index contributed by atoms with van der Waals surface area (Å²) in [5.41, 5.74) is 0.970. The fourth-order valence-corrected chi connectivity index (χ4v) is 5.92. The van der Waals surface area contributed by atoms with Crippen LogP contribution in [-0.2, 0) is 9.53 Å². The van der Waals surface area contributed by atoms with Gasteiger partial charge < -0.3 is 23.4 Å². The summed E-state index contributed by atoms with van der Waals surface area (Å²) in [5, 5.41) is 11.7. The van der Waals surface area contributed by atoms with E-state index in [4.69, 9.17) is 23.4 Å². The zero-order valence-corrected chi connectivity index (χ0v) is 23.4. The van der Waals surface area contributed by atoms with Gasteiger partial charge in [0.15, 0.2) is 16.3 Å². The van der Waals surface area contributed by atoms with Crippen molar-refractivity contribution in [2.24, 2.45) is 4.99 Å². The highest BCUT2D eigenvalue weighted by Gasteiger charge is 2.34. The number of benzene rings is 2. The second-order valence-corrected chi connectivity index (χ2v) is 10.3. The molecule has 13 heteroatoms. The van der Waals surface area contributed by atoms with E-state index in [2.05, 4.69) is 4.99 Å². The van der Waals surface area contributed by atoms with Crippen molar-refractivity contribution >= 4 is 29.1 Å². The van der Waals surface area contributed by atoms with Gasteiger partial charge in [-0.25, -0.2) is 9.79 Å². The molecule has 0 amide bonds. The van der Waals surface area contributed by atoms with Crippen LogP contribution < -0.4 is 29.1 Å². The number of allylic oxidation sites excluding steroid dienone is 1. The van der Waals surface area contributed by atoms with Crippen LogP contribution in [0.2, 0.25) is 0 Å². The molecule has 1 atom stereocenters. The van der Waals surface area contributed by atoms with Crippen molar-refractivity contribution in [3.8, 4) is 28.6 Å². The van der Waals surface area contributed by atoms with Crippen LogP contribution in [0.25, 0.3) is 17.4 Å². The number of furan rings is 1. The first-order valence-electron chi connectivity index (χ1n) is 12.8. The molecule has 0 saturated carbocycles. The fraction of sp³-hybridized carbons (Fsp3) is 0.207. The van der Waals surface area contributed by atoms with Gasteiger partial charge in [-0.2, -0.15) is 0 Å². The molecule has 214 valence electrons. The van der Waals surface area contributed by atoms with E-state index >= 15 is 0 Å². The van der Waals surface area contributed by atoms with Gasteiger partial charge in [0.2, 0.25) is 6.79 Å². The van der Waals surface area contributed by atoms with E-state index in [-0.39, 0.29) is 36.0 Å². The van der Waals surface area contributed by atoms with E-state index in [0.29, 0.717) is 43.6 Å². The Morgan fingerprint density at radius 1 is 1.19 bits per heavy atom. The molecule has 4 aromatic rings. The van der Waals surface area contributed by atoms with Crippen molar-refractivity contribution < 1.29 is 33.1 Å². The quantitative estimate of drug-likeness (QED) is 0.179. The van der Waals surface area contributed by atoms with E-state index in [1.807, 2.05) is 0 Å². The van der Waals surface area contributed by atoms with Crippen LogP contribution in [0, 0.1) is 10.1 Å². The molecule has 0 unspecified atom stereocenters. The summed E-state index contributed by atoms with van der Waals surface area (Å²) in [6.45, 7) is 3.63. The Bertz CT molecular complexity index is 1970. The lowest BCUT2D eigenvalue weighted by Crippen LogP contribution is -2.39. The first kappa shape index (κ1) is 27.0. The maximum Gasteiger partial charge on any atom is 0.338 e. The third-order valence-electron chi connectivity index (χ3n) is 6.80. The van der Waals surface area contributed by atoms with Crippen LogP contribution in [0.15, 0.2) is 74.0 Å². The van der Waals surface area contributed by atoms with E-state index in [0.717, 1.165) is 11.3 Å². The van der Waals surface area contributed by atoms with E-state index in [1.54, 1.807) is 62.4 Å². The van der Waals surface area contributed by atoms with Gasteiger partial charge in [0.25, 0.3) is 11.2 Å². The molecule has 0 N–H and O–H groups in total. The fourth-order valence-electron chi connectivity index (χ4n) is 4.89. The molecule has 0 saturated heterocycles. The number of carbonyl (C=O) groups is 1. The highest BCUT2D eigenvalue weighted by Crippen LogP contribution is 2.38. The highest BCUT2D eigenvalue weighted by atomic mass is 32.1. The van der Waals surface area contributed by atoms with E-state index in [1.165, 1.54) is 17.7 Å². The SMILES string of the molecule is CCOC(=O)C1=C(C)N=c2s/c(=C\c3ccc(-c4ccc(OC)cc4[N+](=O)[O-])o3)c(=O)n2[C@@H]1c1ccc2c(c1)OCO2. The van der Waals surface area contributed by atoms with E-state index in [9.17, 15) is 19.7 Å². The van der Waals surface area contributed by atoms with Crippen LogP contribution in [-0.4, -0.2) is 36.0 Å². The van der Waals surface area contributed by atoms with Gasteiger partial charge in [-0.3, -0.25) is 19.5 Å². The van der Waals surface area contributed by atoms with Gasteiger partial charge in [0, 0.05) is 6.08 Å². The van der Waals surface area contributed by atoms with Crippen molar-refractivity contribution in [1.29, 1.82) is 0 Å². The topological polar surface area (TPSA) is 145 Å². The minimum absolute atomic E-state index is 0.0754. The van der Waals surface area contributed by atoms with Crippen molar-refractivity contribution in [2.45, 2.75) is 19.9 Å². The summed E-state index contributed by atoms with van der Waals surface area (Å²) in [6, 6.07) is 12.1. The number of nitrogens with zero attached hydrogens (tertiary/aromatic N) is 3. The summed E-state index contributed by atoms with van der Waals surface area (Å²) in [4.78, 5) is 43.1. The molecule has 2 aromatic carbocycles. The third-order valence-corrected chi connectivity index (χ3v) is 7.78. The summed E-state index contributed by atoms with van der Waals surface area (Å²) in [5.74, 6) is 1.39. The third kappa shape index (κ3) is 4.63. The first-order chi connectivity index (χ1) is 20.3. The molecule has 0 fully saturated rings. The number of hydrogen-bond acceptors (Lipinski definition) is 11. The average molecular weight is 590 g/mol. The number of nitro groups is 1. The number of rotatable bonds is 7. The molecule has 0 radical (unpaired) electrons. The monoisotopic (exact) mass is 589 g/mol. The standard InChI is InChI=1S/C29H23N3O9S/c1-4-38-28(34)25-15(2)30-29-31(26(25)16-5-9-22-23(11-16)40-14-39-22)27(33)24(42-29)13-18-7-10-21(41-18)19-8-6-17(37-3)12-20(19)32(35)36/h5-13,26H,4,14H2,1-3H3/b24-13-/t26-/m1/s1. The molecule has 42 heavy (non-hydrogen) atoms. The van der Waals surface area contributed by atoms with Crippen molar-refractivity contribution in [2.75, 3.05) is 20.5 Å². The molecule has 4 heterocycles. The Morgan fingerprint density at radius 2 is 2.00 bits per heavy atom. The molecule has 12 nitrogen and oxygen atoms in total. The zero-order chi connectivity index (χ0) is 29.5. The Morgan fingerprint density at radius 3 is 2.76 bits per heavy atom. The lowest BCUT2D eigenvalue weighted by Gasteiger charge is -2.24. The Kier molecular flexibility index (Phi) is 6.86. The average Bonchev–Trinajstić information content (AvgIpc) is 3.71. The number of carbonyl (C=O) groups excluding carboxylic acids is 1. The number of methoxy groups -OCH3 is 1. The van der Waals surface area contributed by atoms with Crippen molar-refractivity contribution in [3.05, 3.63) is 101 Å². The lowest BCUT2D eigenvalue weighted by atomic mass is 9.95. The van der Waals surface area contributed by atoms with Gasteiger partial charge >= 0.3 is 5.97 Å². The number of fused-ring (bicyclic) bond motifs is 2. The van der Waals surface area contributed by atoms with Crippen LogP contribution in [0.4, 0.5) is 5.69 Å². The predicted octanol–water partition coefficient (Wildman–Crippen LogP) is 3.70. The first-order valence-corrected chi connectivity index (χ1v) is 13.6. The van der Waals surface area contributed by atoms with Crippen molar-refractivity contribution in [1.82, 2.24) is 4.57 Å². The Balaban J connectivity index is 1.46. The largest absolute Gasteiger partial charge is 0.497 e. The number of esters is 1. The second-order valence-electron chi connectivity index (χ2n) is 9.26. The maximum absolute atomic E-state index is 13.9. The van der Waals surface area contributed by atoms with Crippen molar-refractivity contribution in [3.63, 3.8) is 0 Å². The van der Waals surface area contributed by atoms with Crippen LogP contribution in [0.5, 0.6) is 17.2 Å². The minimum atomic E-state index is -0.828. The molecule has 6 rings (SSSR count). The molecular weight excluding hydrogens is 566 g/mol. The Labute approximate surface area is 241 Å². The van der Waals surface area contributed by atoms with Crippen LogP contribution in [0.1, 0.15) is 31.2 Å². The number of aromatic nitrogens is 1. The van der Waals surface area contributed by atoms with Gasteiger partial charge in [-0.15, -0.1) is 0 Å².